The minimum Gasteiger partial charge on any atom is -0.346 e. The summed E-state index contributed by atoms with van der Waals surface area (Å²) in [5, 5.41) is 0.116. The number of nitrogens with zero attached hydrogens (tertiary/aromatic N) is 2. The van der Waals surface area contributed by atoms with Gasteiger partial charge in [-0.3, -0.25) is 4.79 Å². The zero-order valence-electron chi connectivity index (χ0n) is 10.8. The van der Waals surface area contributed by atoms with E-state index in [1.165, 1.54) is 17.5 Å². The first kappa shape index (κ1) is 13.1. The molecule has 1 aliphatic rings. The molecule has 2 aromatic rings. The van der Waals surface area contributed by atoms with Crippen LogP contribution in [0.1, 0.15) is 17.2 Å². The lowest BCUT2D eigenvalue weighted by Gasteiger charge is -2.37. The molecule has 3 N–H and O–H groups in total. The van der Waals surface area contributed by atoms with Gasteiger partial charge in [-0.2, -0.15) is 0 Å². The van der Waals surface area contributed by atoms with Crippen molar-refractivity contribution < 1.29 is 0 Å². The highest BCUT2D eigenvalue weighted by molar-refractivity contribution is 6.32. The fourth-order valence-electron chi connectivity index (χ4n) is 2.73. The Kier molecular flexibility index (Phi) is 3.46. The second kappa shape index (κ2) is 5.26. The Bertz CT molecular complexity index is 685. The number of anilines is 1. The van der Waals surface area contributed by atoms with Crippen molar-refractivity contribution >= 4 is 17.4 Å². The molecule has 0 fully saturated rings. The van der Waals surface area contributed by atoms with Gasteiger partial charge in [0.05, 0.1) is 12.4 Å². The topological polar surface area (TPSA) is 75.0 Å². The zero-order chi connectivity index (χ0) is 14.1. The van der Waals surface area contributed by atoms with Gasteiger partial charge in [-0.05, 0) is 17.5 Å². The van der Waals surface area contributed by atoms with E-state index in [1.54, 1.807) is 0 Å². The van der Waals surface area contributed by atoms with Crippen LogP contribution in [-0.4, -0.2) is 23.1 Å². The maximum absolute atomic E-state index is 11.6. The van der Waals surface area contributed by atoms with Crippen molar-refractivity contribution in [2.75, 3.05) is 18.0 Å². The zero-order valence-corrected chi connectivity index (χ0v) is 11.6. The predicted molar refractivity (Wildman–Crippen MR) is 79.2 cm³/mol. The van der Waals surface area contributed by atoms with E-state index in [4.69, 9.17) is 17.3 Å². The van der Waals surface area contributed by atoms with E-state index in [2.05, 4.69) is 22.1 Å². The molecule has 104 valence electrons. The van der Waals surface area contributed by atoms with Crippen LogP contribution in [0.15, 0.2) is 35.4 Å². The smallest absolute Gasteiger partial charge is 0.271 e. The molecule has 1 unspecified atom stereocenters. The Morgan fingerprint density at radius 3 is 3.05 bits per heavy atom. The van der Waals surface area contributed by atoms with Crippen molar-refractivity contribution in [3.05, 3.63) is 57.1 Å². The van der Waals surface area contributed by atoms with Gasteiger partial charge in [0, 0.05) is 13.1 Å². The van der Waals surface area contributed by atoms with Gasteiger partial charge in [0.15, 0.2) is 5.82 Å². The SMILES string of the molecule is NCC1c2ccccc2CCN1c1nc[nH]c(=O)c1Cl. The number of H-pyrrole nitrogens is 1. The van der Waals surface area contributed by atoms with E-state index in [9.17, 15) is 4.79 Å². The highest BCUT2D eigenvalue weighted by atomic mass is 35.5. The maximum Gasteiger partial charge on any atom is 0.271 e. The molecule has 1 aromatic carbocycles. The number of halogens is 1. The van der Waals surface area contributed by atoms with Gasteiger partial charge in [0.1, 0.15) is 5.02 Å². The van der Waals surface area contributed by atoms with Crippen LogP contribution in [0, 0.1) is 0 Å². The van der Waals surface area contributed by atoms with E-state index in [0.717, 1.165) is 13.0 Å². The van der Waals surface area contributed by atoms with Crippen LogP contribution in [0.2, 0.25) is 5.02 Å². The van der Waals surface area contributed by atoms with Crippen LogP contribution in [0.3, 0.4) is 0 Å². The Balaban J connectivity index is 2.07. The third-order valence-corrected chi connectivity index (χ3v) is 4.03. The van der Waals surface area contributed by atoms with E-state index in [1.807, 2.05) is 17.0 Å². The number of nitrogens with two attached hydrogens (primary N) is 1. The monoisotopic (exact) mass is 290 g/mol. The minimum absolute atomic E-state index is 0.00764. The number of benzene rings is 1. The summed E-state index contributed by atoms with van der Waals surface area (Å²) in [6.07, 6.45) is 2.26. The van der Waals surface area contributed by atoms with Gasteiger partial charge in [-0.1, -0.05) is 35.9 Å². The standard InChI is InChI=1S/C14H15ClN4O/c15-12-13(17-8-18-14(12)20)19-6-5-9-3-1-2-4-10(9)11(19)7-16/h1-4,8,11H,5-7,16H2,(H,17,18,20). The molecule has 1 aliphatic heterocycles. The Labute approximate surface area is 121 Å². The highest BCUT2D eigenvalue weighted by Gasteiger charge is 2.28. The summed E-state index contributed by atoms with van der Waals surface area (Å²) in [5.41, 5.74) is 8.08. The Morgan fingerprint density at radius 2 is 2.25 bits per heavy atom. The average molecular weight is 291 g/mol. The van der Waals surface area contributed by atoms with E-state index in [-0.39, 0.29) is 16.6 Å². The van der Waals surface area contributed by atoms with Crippen molar-refractivity contribution in [1.29, 1.82) is 0 Å². The maximum atomic E-state index is 11.6. The molecule has 0 saturated carbocycles. The van der Waals surface area contributed by atoms with Crippen LogP contribution in [-0.2, 0) is 6.42 Å². The number of aromatic amines is 1. The molecule has 0 amide bonds. The Hall–Kier alpha value is -1.85. The van der Waals surface area contributed by atoms with Crippen molar-refractivity contribution in [2.24, 2.45) is 5.73 Å². The van der Waals surface area contributed by atoms with Crippen LogP contribution in [0.25, 0.3) is 0 Å². The average Bonchev–Trinajstić information content (AvgIpc) is 2.49. The molecule has 0 bridgehead atoms. The molecule has 3 rings (SSSR count). The molecular formula is C14H15ClN4O. The second-order valence-corrected chi connectivity index (χ2v) is 5.14. The number of aromatic nitrogens is 2. The number of hydrogen-bond acceptors (Lipinski definition) is 4. The molecule has 20 heavy (non-hydrogen) atoms. The van der Waals surface area contributed by atoms with Crippen LogP contribution >= 0.6 is 11.6 Å². The molecule has 2 heterocycles. The summed E-state index contributed by atoms with van der Waals surface area (Å²) in [7, 11) is 0. The quantitative estimate of drug-likeness (QED) is 0.879. The molecular weight excluding hydrogens is 276 g/mol. The number of hydrogen-bond donors (Lipinski definition) is 2. The van der Waals surface area contributed by atoms with Crippen LogP contribution in [0.4, 0.5) is 5.82 Å². The van der Waals surface area contributed by atoms with Gasteiger partial charge < -0.3 is 15.6 Å². The fourth-order valence-corrected chi connectivity index (χ4v) is 2.95. The summed E-state index contributed by atoms with van der Waals surface area (Å²) < 4.78 is 0. The lowest BCUT2D eigenvalue weighted by atomic mass is 9.92. The molecule has 0 aliphatic carbocycles. The first-order valence-corrected chi connectivity index (χ1v) is 6.88. The Morgan fingerprint density at radius 1 is 1.45 bits per heavy atom. The summed E-state index contributed by atoms with van der Waals surface area (Å²) in [5.74, 6) is 0.500. The third-order valence-electron chi connectivity index (χ3n) is 3.69. The molecule has 1 aromatic heterocycles. The molecule has 0 radical (unpaired) electrons. The summed E-state index contributed by atoms with van der Waals surface area (Å²) in [6, 6.07) is 8.20. The first-order valence-electron chi connectivity index (χ1n) is 6.50. The van der Waals surface area contributed by atoms with Gasteiger partial charge in [-0.15, -0.1) is 0 Å². The van der Waals surface area contributed by atoms with Crippen molar-refractivity contribution in [1.82, 2.24) is 9.97 Å². The number of nitrogens with one attached hydrogen (secondary N) is 1. The fraction of sp³-hybridized carbons (Fsp3) is 0.286. The molecule has 0 saturated heterocycles. The van der Waals surface area contributed by atoms with E-state index < -0.39 is 0 Å². The van der Waals surface area contributed by atoms with Crippen molar-refractivity contribution in [3.8, 4) is 0 Å². The van der Waals surface area contributed by atoms with E-state index >= 15 is 0 Å². The summed E-state index contributed by atoms with van der Waals surface area (Å²) in [4.78, 5) is 20.3. The largest absolute Gasteiger partial charge is 0.346 e. The lowest BCUT2D eigenvalue weighted by molar-refractivity contribution is 0.583. The predicted octanol–water partition coefficient (Wildman–Crippen LogP) is 1.49. The van der Waals surface area contributed by atoms with E-state index in [0.29, 0.717) is 12.4 Å². The first-order chi connectivity index (χ1) is 9.72. The number of rotatable bonds is 2. The lowest BCUT2D eigenvalue weighted by Crippen LogP contribution is -2.40. The third kappa shape index (κ3) is 2.09. The van der Waals surface area contributed by atoms with Gasteiger partial charge >= 0.3 is 0 Å². The van der Waals surface area contributed by atoms with Gasteiger partial charge in [-0.25, -0.2) is 4.98 Å². The molecule has 1 atom stereocenters. The van der Waals surface area contributed by atoms with Crippen LogP contribution < -0.4 is 16.2 Å². The van der Waals surface area contributed by atoms with Crippen LogP contribution in [0.5, 0.6) is 0 Å². The minimum atomic E-state index is -0.328. The second-order valence-electron chi connectivity index (χ2n) is 4.76. The molecule has 6 heteroatoms. The van der Waals surface area contributed by atoms with Gasteiger partial charge in [0.2, 0.25) is 0 Å². The summed E-state index contributed by atoms with van der Waals surface area (Å²) >= 11 is 6.09. The molecule has 0 spiro atoms. The van der Waals surface area contributed by atoms with Gasteiger partial charge in [0.25, 0.3) is 5.56 Å². The highest BCUT2D eigenvalue weighted by Crippen LogP contribution is 2.33. The number of fused-ring (bicyclic) bond motifs is 1. The van der Waals surface area contributed by atoms with Crippen molar-refractivity contribution in [3.63, 3.8) is 0 Å². The molecule has 5 nitrogen and oxygen atoms in total. The normalized spacial score (nSPS) is 17.9. The summed E-state index contributed by atoms with van der Waals surface area (Å²) in [6.45, 7) is 1.19. The van der Waals surface area contributed by atoms with Crippen molar-refractivity contribution in [2.45, 2.75) is 12.5 Å².